The van der Waals surface area contributed by atoms with Crippen LogP contribution in [0.15, 0.2) is 46.9 Å². The van der Waals surface area contributed by atoms with Crippen LogP contribution in [0.4, 0.5) is 11.4 Å². The molecule has 0 saturated carbocycles. The van der Waals surface area contributed by atoms with E-state index in [9.17, 15) is 4.79 Å². The Morgan fingerprint density at radius 3 is 2.47 bits per heavy atom. The zero-order valence-electron chi connectivity index (χ0n) is 10.1. The number of benzene rings is 2. The lowest BCUT2D eigenvalue weighted by atomic mass is 10.1. The molecule has 0 aromatic heterocycles. The van der Waals surface area contributed by atoms with Gasteiger partial charge >= 0.3 is 0 Å². The molecule has 2 aromatic carbocycles. The van der Waals surface area contributed by atoms with E-state index in [4.69, 9.17) is 10.8 Å². The number of nitrogen functional groups attached to an aromatic ring is 1. The van der Waals surface area contributed by atoms with Crippen molar-refractivity contribution in [2.45, 2.75) is 6.61 Å². The van der Waals surface area contributed by atoms with Crippen LogP contribution in [-0.2, 0) is 6.61 Å². The monoisotopic (exact) mass is 320 g/mol. The van der Waals surface area contributed by atoms with Gasteiger partial charge in [0, 0.05) is 21.4 Å². The summed E-state index contributed by atoms with van der Waals surface area (Å²) in [5.74, 6) is -0.211. The van der Waals surface area contributed by atoms with Crippen molar-refractivity contribution in [1.29, 1.82) is 0 Å². The summed E-state index contributed by atoms with van der Waals surface area (Å²) in [6.45, 7) is -0.0147. The van der Waals surface area contributed by atoms with Gasteiger partial charge < -0.3 is 16.2 Å². The Kier molecular flexibility index (Phi) is 4.19. The van der Waals surface area contributed by atoms with Crippen LogP contribution in [0.1, 0.15) is 15.9 Å². The van der Waals surface area contributed by atoms with Gasteiger partial charge in [0.1, 0.15) is 0 Å². The van der Waals surface area contributed by atoms with Crippen LogP contribution in [0, 0.1) is 0 Å². The molecule has 0 radical (unpaired) electrons. The molecule has 4 N–H and O–H groups in total. The van der Waals surface area contributed by atoms with E-state index in [1.54, 1.807) is 42.5 Å². The second kappa shape index (κ2) is 5.86. The maximum absolute atomic E-state index is 12.0. The van der Waals surface area contributed by atoms with Gasteiger partial charge in [-0.15, -0.1) is 0 Å². The summed E-state index contributed by atoms with van der Waals surface area (Å²) >= 11 is 3.29. The van der Waals surface area contributed by atoms with Crippen LogP contribution in [0.2, 0.25) is 0 Å². The number of nitrogens with two attached hydrogens (primary N) is 1. The summed E-state index contributed by atoms with van der Waals surface area (Å²) in [6, 6.07) is 12.0. The summed E-state index contributed by atoms with van der Waals surface area (Å²) in [7, 11) is 0. The third kappa shape index (κ3) is 3.33. The van der Waals surface area contributed by atoms with E-state index in [0.29, 0.717) is 21.4 Å². The van der Waals surface area contributed by atoms with E-state index in [-0.39, 0.29) is 12.5 Å². The topological polar surface area (TPSA) is 75.4 Å². The number of hydrogen-bond donors (Lipinski definition) is 3. The van der Waals surface area contributed by atoms with E-state index in [1.165, 1.54) is 0 Å². The van der Waals surface area contributed by atoms with Crippen molar-refractivity contribution in [3.8, 4) is 0 Å². The Bertz CT molecular complexity index is 597. The van der Waals surface area contributed by atoms with Crippen molar-refractivity contribution < 1.29 is 9.90 Å². The Labute approximate surface area is 119 Å². The minimum absolute atomic E-state index is 0.0147. The highest BCUT2D eigenvalue weighted by Gasteiger charge is 2.07. The number of hydrogen-bond acceptors (Lipinski definition) is 3. The Morgan fingerprint density at radius 2 is 1.89 bits per heavy atom. The fraction of sp³-hybridized carbons (Fsp3) is 0.0714. The Hall–Kier alpha value is -1.85. The molecule has 0 unspecified atom stereocenters. The normalized spacial score (nSPS) is 10.2. The van der Waals surface area contributed by atoms with Crippen molar-refractivity contribution in [2.24, 2.45) is 0 Å². The zero-order valence-corrected chi connectivity index (χ0v) is 11.6. The predicted molar refractivity (Wildman–Crippen MR) is 78.9 cm³/mol. The summed E-state index contributed by atoms with van der Waals surface area (Å²) < 4.78 is 0.691. The van der Waals surface area contributed by atoms with E-state index >= 15 is 0 Å². The molecule has 19 heavy (non-hydrogen) atoms. The zero-order chi connectivity index (χ0) is 13.8. The molecule has 1 amide bonds. The average molecular weight is 321 g/mol. The third-order valence-electron chi connectivity index (χ3n) is 2.66. The van der Waals surface area contributed by atoms with Crippen LogP contribution >= 0.6 is 15.9 Å². The van der Waals surface area contributed by atoms with Gasteiger partial charge in [-0.3, -0.25) is 4.79 Å². The molecular formula is C14H13BrN2O2. The standard InChI is InChI=1S/C14H13BrN2O2/c15-12-7-10(3-6-13(12)16)14(19)17-11-4-1-9(8-18)2-5-11/h1-7,18H,8,16H2,(H,17,19). The molecule has 0 heterocycles. The summed E-state index contributed by atoms with van der Waals surface area (Å²) in [4.78, 5) is 12.0. The van der Waals surface area contributed by atoms with Gasteiger partial charge in [0.2, 0.25) is 0 Å². The van der Waals surface area contributed by atoms with Gasteiger partial charge in [-0.05, 0) is 51.8 Å². The van der Waals surface area contributed by atoms with E-state index in [2.05, 4.69) is 21.2 Å². The number of carbonyl (C=O) groups excluding carboxylic acids is 1. The van der Waals surface area contributed by atoms with E-state index < -0.39 is 0 Å². The number of aliphatic hydroxyl groups excluding tert-OH is 1. The Morgan fingerprint density at radius 1 is 1.21 bits per heavy atom. The molecule has 4 nitrogen and oxygen atoms in total. The first-order valence-electron chi connectivity index (χ1n) is 5.66. The SMILES string of the molecule is Nc1ccc(C(=O)Nc2ccc(CO)cc2)cc1Br. The number of aliphatic hydroxyl groups is 1. The molecule has 0 aliphatic carbocycles. The van der Waals surface area contributed by atoms with Gasteiger partial charge in [-0.1, -0.05) is 12.1 Å². The average Bonchev–Trinajstić information content (AvgIpc) is 2.42. The van der Waals surface area contributed by atoms with Crippen molar-refractivity contribution >= 4 is 33.2 Å². The highest BCUT2D eigenvalue weighted by molar-refractivity contribution is 9.10. The van der Waals surface area contributed by atoms with Gasteiger partial charge in [-0.2, -0.15) is 0 Å². The third-order valence-corrected chi connectivity index (χ3v) is 3.34. The fourth-order valence-electron chi connectivity index (χ4n) is 1.57. The molecule has 2 aromatic rings. The number of halogens is 1. The van der Waals surface area contributed by atoms with Crippen LogP contribution in [0.25, 0.3) is 0 Å². The molecule has 5 heteroatoms. The molecule has 98 valence electrons. The lowest BCUT2D eigenvalue weighted by Gasteiger charge is -2.07. The molecule has 0 aliphatic rings. The number of nitrogens with one attached hydrogen (secondary N) is 1. The minimum Gasteiger partial charge on any atom is -0.398 e. The quantitative estimate of drug-likeness (QED) is 0.761. The summed E-state index contributed by atoms with van der Waals surface area (Å²) in [5, 5.41) is 11.7. The van der Waals surface area contributed by atoms with Crippen LogP contribution in [-0.4, -0.2) is 11.0 Å². The largest absolute Gasteiger partial charge is 0.398 e. The van der Waals surface area contributed by atoms with Gasteiger partial charge in [0.05, 0.1) is 6.61 Å². The molecule has 0 aliphatic heterocycles. The highest BCUT2D eigenvalue weighted by Crippen LogP contribution is 2.21. The maximum Gasteiger partial charge on any atom is 0.255 e. The van der Waals surface area contributed by atoms with Crippen molar-refractivity contribution in [2.75, 3.05) is 11.1 Å². The second-order valence-corrected chi connectivity index (χ2v) is 4.90. The number of anilines is 2. The number of rotatable bonds is 3. The first-order valence-corrected chi connectivity index (χ1v) is 6.45. The minimum atomic E-state index is -0.211. The van der Waals surface area contributed by atoms with Crippen molar-refractivity contribution in [1.82, 2.24) is 0 Å². The molecule has 0 spiro atoms. The lowest BCUT2D eigenvalue weighted by Crippen LogP contribution is -2.12. The van der Waals surface area contributed by atoms with Crippen LogP contribution < -0.4 is 11.1 Å². The van der Waals surface area contributed by atoms with E-state index in [0.717, 1.165) is 5.56 Å². The predicted octanol–water partition coefficient (Wildman–Crippen LogP) is 2.78. The van der Waals surface area contributed by atoms with Crippen molar-refractivity contribution in [3.63, 3.8) is 0 Å². The number of amides is 1. The summed E-state index contributed by atoms with van der Waals surface area (Å²) in [6.07, 6.45) is 0. The van der Waals surface area contributed by atoms with Gasteiger partial charge in [-0.25, -0.2) is 0 Å². The van der Waals surface area contributed by atoms with E-state index in [1.807, 2.05) is 0 Å². The van der Waals surface area contributed by atoms with Gasteiger partial charge in [0.15, 0.2) is 0 Å². The smallest absolute Gasteiger partial charge is 0.255 e. The molecule has 0 bridgehead atoms. The van der Waals surface area contributed by atoms with Crippen LogP contribution in [0.5, 0.6) is 0 Å². The molecule has 0 atom stereocenters. The maximum atomic E-state index is 12.0. The highest BCUT2D eigenvalue weighted by atomic mass is 79.9. The summed E-state index contributed by atoms with van der Waals surface area (Å²) in [5.41, 5.74) is 8.25. The molecule has 0 saturated heterocycles. The van der Waals surface area contributed by atoms with Crippen molar-refractivity contribution in [3.05, 3.63) is 58.1 Å². The Balaban J connectivity index is 2.13. The molecular weight excluding hydrogens is 308 g/mol. The van der Waals surface area contributed by atoms with Crippen LogP contribution in [0.3, 0.4) is 0 Å². The molecule has 2 rings (SSSR count). The lowest BCUT2D eigenvalue weighted by molar-refractivity contribution is 0.102. The second-order valence-electron chi connectivity index (χ2n) is 4.05. The van der Waals surface area contributed by atoms with Gasteiger partial charge in [0.25, 0.3) is 5.91 Å². The fourth-order valence-corrected chi connectivity index (χ4v) is 1.94. The first-order chi connectivity index (χ1) is 9.10. The molecule has 0 fully saturated rings. The first kappa shape index (κ1) is 13.6. The number of carbonyl (C=O) groups is 1.